The van der Waals surface area contributed by atoms with Crippen molar-refractivity contribution in [1.82, 2.24) is 20.6 Å². The Morgan fingerprint density at radius 3 is 2.56 bits per heavy atom. The standard InChI is InChI=1S/C18H15N7O2/c19-10-13(18-22-24-25-23-18)11-20-14-6-8-15(9-7-14)21-17(26)12-27-16-4-2-1-3-5-16/h1-9,11,20H,12H2,(H,21,26)(H,22,23,24,25). The number of carbonyl (C=O) groups excluding carboxylic acids is 1. The second-order valence-electron chi connectivity index (χ2n) is 5.28. The summed E-state index contributed by atoms with van der Waals surface area (Å²) < 4.78 is 5.39. The number of benzene rings is 2. The van der Waals surface area contributed by atoms with Gasteiger partial charge in [-0.1, -0.05) is 18.2 Å². The van der Waals surface area contributed by atoms with Gasteiger partial charge < -0.3 is 15.4 Å². The zero-order chi connectivity index (χ0) is 18.9. The molecule has 27 heavy (non-hydrogen) atoms. The van der Waals surface area contributed by atoms with E-state index in [0.29, 0.717) is 11.4 Å². The molecule has 0 bridgehead atoms. The average Bonchev–Trinajstić information content (AvgIpc) is 3.24. The molecule has 0 atom stereocenters. The molecule has 134 valence electrons. The molecule has 0 aliphatic rings. The first-order chi connectivity index (χ1) is 13.2. The molecular weight excluding hydrogens is 346 g/mol. The van der Waals surface area contributed by atoms with Crippen LogP contribution in [0.2, 0.25) is 0 Å². The average molecular weight is 361 g/mol. The number of nitriles is 1. The Kier molecular flexibility index (Phi) is 5.73. The van der Waals surface area contributed by atoms with Crippen molar-refractivity contribution in [3.63, 3.8) is 0 Å². The molecule has 0 saturated carbocycles. The van der Waals surface area contributed by atoms with Gasteiger partial charge in [-0.2, -0.15) is 10.5 Å². The van der Waals surface area contributed by atoms with Gasteiger partial charge in [-0.05, 0) is 41.6 Å². The number of nitrogens with one attached hydrogen (secondary N) is 3. The lowest BCUT2D eigenvalue weighted by Gasteiger charge is -2.08. The lowest BCUT2D eigenvalue weighted by Crippen LogP contribution is -2.20. The molecule has 0 saturated heterocycles. The highest BCUT2D eigenvalue weighted by atomic mass is 16.5. The molecule has 1 amide bonds. The summed E-state index contributed by atoms with van der Waals surface area (Å²) in [5, 5.41) is 28.0. The molecule has 1 heterocycles. The summed E-state index contributed by atoms with van der Waals surface area (Å²) in [6.45, 7) is -0.0804. The van der Waals surface area contributed by atoms with E-state index in [1.807, 2.05) is 24.3 Å². The van der Waals surface area contributed by atoms with E-state index in [4.69, 9.17) is 10.00 Å². The number of rotatable bonds is 7. The van der Waals surface area contributed by atoms with Crippen LogP contribution in [0.5, 0.6) is 5.75 Å². The van der Waals surface area contributed by atoms with Crippen molar-refractivity contribution in [1.29, 1.82) is 5.26 Å². The number of ether oxygens (including phenoxy) is 1. The minimum absolute atomic E-state index is 0.0804. The number of hydrogen-bond donors (Lipinski definition) is 3. The Labute approximate surface area is 154 Å². The number of hydrogen-bond acceptors (Lipinski definition) is 7. The van der Waals surface area contributed by atoms with Gasteiger partial charge in [0.25, 0.3) is 5.91 Å². The Morgan fingerprint density at radius 1 is 1.15 bits per heavy atom. The fourth-order valence-electron chi connectivity index (χ4n) is 2.09. The van der Waals surface area contributed by atoms with E-state index in [1.54, 1.807) is 36.4 Å². The second kappa shape index (κ2) is 8.77. The van der Waals surface area contributed by atoms with Crippen LogP contribution >= 0.6 is 0 Å². The largest absolute Gasteiger partial charge is 0.484 e. The Balaban J connectivity index is 1.52. The number of anilines is 2. The highest BCUT2D eigenvalue weighted by Gasteiger charge is 2.06. The van der Waals surface area contributed by atoms with E-state index in [9.17, 15) is 4.79 Å². The number of para-hydroxylation sites is 1. The molecule has 0 spiro atoms. The quantitative estimate of drug-likeness (QED) is 0.550. The van der Waals surface area contributed by atoms with Crippen molar-refractivity contribution in [2.24, 2.45) is 0 Å². The lowest BCUT2D eigenvalue weighted by molar-refractivity contribution is -0.118. The number of nitrogens with zero attached hydrogens (tertiary/aromatic N) is 4. The fraction of sp³-hybridized carbons (Fsp3) is 0.0556. The SMILES string of the molecule is N#CC(=CNc1ccc(NC(=O)COc2ccccc2)cc1)c1nn[nH]n1. The molecule has 0 aliphatic carbocycles. The molecule has 9 heteroatoms. The van der Waals surface area contributed by atoms with Gasteiger partial charge >= 0.3 is 0 Å². The first-order valence-electron chi connectivity index (χ1n) is 7.93. The molecule has 2 aromatic carbocycles. The van der Waals surface area contributed by atoms with Gasteiger partial charge in [-0.3, -0.25) is 4.79 Å². The van der Waals surface area contributed by atoms with E-state index in [2.05, 4.69) is 31.3 Å². The number of allylic oxidation sites excluding steroid dienone is 1. The molecule has 3 N–H and O–H groups in total. The van der Waals surface area contributed by atoms with Crippen LogP contribution in [-0.4, -0.2) is 33.1 Å². The van der Waals surface area contributed by atoms with Crippen LogP contribution in [0.1, 0.15) is 5.82 Å². The summed E-state index contributed by atoms with van der Waals surface area (Å²) >= 11 is 0. The van der Waals surface area contributed by atoms with E-state index >= 15 is 0 Å². The third-order valence-electron chi connectivity index (χ3n) is 3.37. The number of aromatic nitrogens is 4. The minimum Gasteiger partial charge on any atom is -0.484 e. The van der Waals surface area contributed by atoms with Gasteiger partial charge in [0, 0.05) is 17.6 Å². The molecule has 0 radical (unpaired) electrons. The predicted octanol–water partition coefficient (Wildman–Crippen LogP) is 2.19. The molecule has 3 aromatic rings. The normalized spacial score (nSPS) is 10.7. The minimum atomic E-state index is -0.261. The lowest BCUT2D eigenvalue weighted by atomic mass is 10.2. The van der Waals surface area contributed by atoms with E-state index in [-0.39, 0.29) is 23.9 Å². The van der Waals surface area contributed by atoms with E-state index < -0.39 is 0 Å². The Morgan fingerprint density at radius 2 is 1.89 bits per heavy atom. The zero-order valence-electron chi connectivity index (χ0n) is 14.1. The van der Waals surface area contributed by atoms with Crippen LogP contribution < -0.4 is 15.4 Å². The van der Waals surface area contributed by atoms with Crippen LogP contribution in [0, 0.1) is 11.3 Å². The van der Waals surface area contributed by atoms with E-state index in [0.717, 1.165) is 5.69 Å². The highest BCUT2D eigenvalue weighted by molar-refractivity contribution is 5.92. The molecule has 9 nitrogen and oxygen atoms in total. The third kappa shape index (κ3) is 5.14. The zero-order valence-corrected chi connectivity index (χ0v) is 14.1. The summed E-state index contributed by atoms with van der Waals surface area (Å²) in [5.74, 6) is 0.574. The van der Waals surface area contributed by atoms with Crippen molar-refractivity contribution in [3.05, 3.63) is 66.6 Å². The summed E-state index contributed by atoms with van der Waals surface area (Å²) in [6.07, 6.45) is 1.48. The second-order valence-corrected chi connectivity index (χ2v) is 5.28. The van der Waals surface area contributed by atoms with Crippen molar-refractivity contribution in [2.45, 2.75) is 0 Å². The molecule has 3 rings (SSSR count). The van der Waals surface area contributed by atoms with Gasteiger partial charge in [0.2, 0.25) is 5.82 Å². The highest BCUT2D eigenvalue weighted by Crippen LogP contribution is 2.15. The van der Waals surface area contributed by atoms with E-state index in [1.165, 1.54) is 6.20 Å². The summed E-state index contributed by atoms with van der Waals surface area (Å²) in [7, 11) is 0. The van der Waals surface area contributed by atoms with Gasteiger partial charge in [0.15, 0.2) is 6.61 Å². The van der Waals surface area contributed by atoms with Crippen molar-refractivity contribution in [2.75, 3.05) is 17.2 Å². The monoisotopic (exact) mass is 361 g/mol. The summed E-state index contributed by atoms with van der Waals surface area (Å²) in [4.78, 5) is 11.9. The number of tetrazole rings is 1. The maximum absolute atomic E-state index is 11.9. The van der Waals surface area contributed by atoms with Crippen LogP contribution in [0.4, 0.5) is 11.4 Å². The Hall–Kier alpha value is -4.19. The van der Waals surface area contributed by atoms with Crippen LogP contribution in [0.15, 0.2) is 60.8 Å². The van der Waals surface area contributed by atoms with Crippen molar-refractivity contribution < 1.29 is 9.53 Å². The molecular formula is C18H15N7O2. The van der Waals surface area contributed by atoms with Gasteiger partial charge in [-0.15, -0.1) is 10.2 Å². The van der Waals surface area contributed by atoms with Gasteiger partial charge in [0.05, 0.1) is 0 Å². The molecule has 0 fully saturated rings. The maximum atomic E-state index is 11.9. The van der Waals surface area contributed by atoms with Crippen molar-refractivity contribution >= 4 is 22.9 Å². The Bertz CT molecular complexity index is 946. The van der Waals surface area contributed by atoms with Crippen LogP contribution in [-0.2, 0) is 4.79 Å². The molecule has 1 aromatic heterocycles. The van der Waals surface area contributed by atoms with Crippen LogP contribution in [0.3, 0.4) is 0 Å². The number of amides is 1. The first-order valence-corrected chi connectivity index (χ1v) is 7.93. The molecule has 0 unspecified atom stereocenters. The summed E-state index contributed by atoms with van der Waals surface area (Å²) in [5.41, 5.74) is 1.59. The fourth-order valence-corrected chi connectivity index (χ4v) is 2.09. The topological polar surface area (TPSA) is 129 Å². The maximum Gasteiger partial charge on any atom is 0.262 e. The molecule has 0 aliphatic heterocycles. The first kappa shape index (κ1) is 17.6. The van der Waals surface area contributed by atoms with Gasteiger partial charge in [-0.25, -0.2) is 0 Å². The number of carbonyl (C=O) groups is 1. The number of H-pyrrole nitrogens is 1. The third-order valence-corrected chi connectivity index (χ3v) is 3.37. The predicted molar refractivity (Wildman–Crippen MR) is 98.4 cm³/mol. The smallest absolute Gasteiger partial charge is 0.262 e. The van der Waals surface area contributed by atoms with Crippen molar-refractivity contribution in [3.8, 4) is 11.8 Å². The van der Waals surface area contributed by atoms with Crippen LogP contribution in [0.25, 0.3) is 5.57 Å². The summed E-state index contributed by atoms with van der Waals surface area (Å²) in [6, 6.07) is 18.1. The van der Waals surface area contributed by atoms with Gasteiger partial charge in [0.1, 0.15) is 17.4 Å². The number of aromatic amines is 1.